The van der Waals surface area contributed by atoms with Gasteiger partial charge in [0.1, 0.15) is 0 Å². The highest BCUT2D eigenvalue weighted by Crippen LogP contribution is 2.25. The summed E-state index contributed by atoms with van der Waals surface area (Å²) in [6, 6.07) is 10.0. The first-order valence-electron chi connectivity index (χ1n) is 5.38. The molecule has 82 valence electrons. The summed E-state index contributed by atoms with van der Waals surface area (Å²) in [5, 5.41) is 17.2. The Morgan fingerprint density at radius 1 is 1.29 bits per heavy atom. The number of hydrogen-bond acceptors (Lipinski definition) is 2. The van der Waals surface area contributed by atoms with E-state index in [4.69, 9.17) is 10.8 Å². The van der Waals surface area contributed by atoms with Crippen molar-refractivity contribution < 1.29 is 4.99 Å². The Kier molecular flexibility index (Phi) is 2.05. The predicted octanol–water partition coefficient (Wildman–Crippen LogP) is 0.880. The topological polar surface area (TPSA) is 61.7 Å². The third-order valence-electron chi connectivity index (χ3n) is 2.97. The molecular formula is C14H11N3. The molecule has 2 aromatic carbocycles. The first kappa shape index (κ1) is 9.78. The van der Waals surface area contributed by atoms with Gasteiger partial charge in [-0.05, 0) is 11.1 Å². The van der Waals surface area contributed by atoms with Crippen LogP contribution in [-0.2, 0) is 0 Å². The average molecular weight is 221 g/mol. The van der Waals surface area contributed by atoms with Crippen LogP contribution in [0.2, 0.25) is 0 Å². The second-order valence-corrected chi connectivity index (χ2v) is 4.02. The van der Waals surface area contributed by atoms with Gasteiger partial charge in [-0.15, -0.1) is 12.1 Å². The van der Waals surface area contributed by atoms with Gasteiger partial charge in [-0.1, -0.05) is 34.5 Å². The Labute approximate surface area is 98.8 Å². The highest BCUT2D eigenvalue weighted by Gasteiger charge is 2.08. The molecule has 0 unspecified atom stereocenters. The van der Waals surface area contributed by atoms with Crippen molar-refractivity contribution in [1.29, 1.82) is 10.8 Å². The fraction of sp³-hybridized carbons (Fsp3) is 0. The van der Waals surface area contributed by atoms with Crippen molar-refractivity contribution in [3.05, 3.63) is 53.6 Å². The highest BCUT2D eigenvalue weighted by molar-refractivity contribution is 6.36. The minimum Gasteiger partial charge on any atom is -0.307 e. The lowest BCUT2D eigenvalue weighted by atomic mass is 9.94. The largest absolute Gasteiger partial charge is 0.307 e. The Balaban J connectivity index is 2.37. The van der Waals surface area contributed by atoms with Crippen LogP contribution >= 0.6 is 0 Å². The summed E-state index contributed by atoms with van der Waals surface area (Å²) < 4.78 is 0. The first-order chi connectivity index (χ1) is 8.29. The number of hydrogen-bond donors (Lipinski definition) is 3. The molecule has 0 radical (unpaired) electrons. The highest BCUT2D eigenvalue weighted by atomic mass is 14.7. The van der Waals surface area contributed by atoms with Crippen molar-refractivity contribution in [2.24, 2.45) is 0 Å². The van der Waals surface area contributed by atoms with Gasteiger partial charge in [0.15, 0.2) is 0 Å². The maximum absolute atomic E-state index is 7.71. The van der Waals surface area contributed by atoms with Gasteiger partial charge < -0.3 is 5.41 Å². The zero-order valence-electron chi connectivity index (χ0n) is 9.12. The average Bonchev–Trinajstić information content (AvgIpc) is 2.38. The fourth-order valence-electron chi connectivity index (χ4n) is 2.19. The third-order valence-corrected chi connectivity index (χ3v) is 2.97. The van der Waals surface area contributed by atoms with Crippen molar-refractivity contribution in [3.8, 4) is 0 Å². The Bertz CT molecular complexity index is 668. The molecule has 0 bridgehead atoms. The van der Waals surface area contributed by atoms with E-state index in [2.05, 4.69) is 11.1 Å². The molecule has 0 atom stereocenters. The molecule has 17 heavy (non-hydrogen) atoms. The van der Waals surface area contributed by atoms with Crippen LogP contribution in [0.1, 0.15) is 16.7 Å². The Morgan fingerprint density at radius 3 is 3.00 bits per heavy atom. The lowest BCUT2D eigenvalue weighted by Gasteiger charge is -2.16. The first-order valence-corrected chi connectivity index (χ1v) is 5.38. The summed E-state index contributed by atoms with van der Waals surface area (Å²) in [4.78, 5) is 3.11. The van der Waals surface area contributed by atoms with E-state index < -0.39 is 0 Å². The molecule has 0 aliphatic carbocycles. The van der Waals surface area contributed by atoms with Crippen LogP contribution in [0.4, 0.5) is 0 Å². The molecule has 3 N–H and O–H groups in total. The minimum atomic E-state index is 0.233. The molecule has 0 fully saturated rings. The molecule has 0 spiro atoms. The summed E-state index contributed by atoms with van der Waals surface area (Å²) in [5.41, 5.74) is 3.24. The van der Waals surface area contributed by atoms with E-state index in [9.17, 15) is 0 Å². The maximum Gasteiger partial charge on any atom is 0.0964 e. The molecular weight excluding hydrogens is 210 g/mol. The zero-order chi connectivity index (χ0) is 11.8. The molecule has 0 aromatic heterocycles. The molecule has 1 aliphatic rings. The van der Waals surface area contributed by atoms with Crippen LogP contribution in [0, 0.1) is 17.4 Å². The van der Waals surface area contributed by atoms with Gasteiger partial charge in [0.05, 0.1) is 18.5 Å². The van der Waals surface area contributed by atoms with Crippen molar-refractivity contribution in [2.45, 2.75) is 0 Å². The summed E-state index contributed by atoms with van der Waals surface area (Å²) in [7, 11) is 0. The van der Waals surface area contributed by atoms with E-state index in [0.29, 0.717) is 0 Å². The van der Waals surface area contributed by atoms with Gasteiger partial charge in [0.2, 0.25) is 0 Å². The van der Waals surface area contributed by atoms with Crippen molar-refractivity contribution in [3.63, 3.8) is 0 Å². The van der Waals surface area contributed by atoms with Crippen LogP contribution in [0.5, 0.6) is 0 Å². The molecule has 3 rings (SSSR count). The normalized spacial score (nSPS) is 12.2. The van der Waals surface area contributed by atoms with E-state index in [0.717, 1.165) is 28.3 Å². The van der Waals surface area contributed by atoms with Crippen LogP contribution in [-0.4, -0.2) is 18.1 Å². The molecule has 0 saturated carbocycles. The van der Waals surface area contributed by atoms with Crippen LogP contribution in [0.25, 0.3) is 10.8 Å². The van der Waals surface area contributed by atoms with Crippen LogP contribution in [0.15, 0.2) is 30.3 Å². The predicted molar refractivity (Wildman–Crippen MR) is 69.1 cm³/mol. The van der Waals surface area contributed by atoms with E-state index in [1.165, 1.54) is 5.39 Å². The van der Waals surface area contributed by atoms with E-state index >= 15 is 0 Å². The lowest BCUT2D eigenvalue weighted by Crippen LogP contribution is -2.66. The van der Waals surface area contributed by atoms with Gasteiger partial charge in [0.25, 0.3) is 0 Å². The lowest BCUT2D eigenvalue weighted by molar-refractivity contribution is -0.396. The fourth-order valence-corrected chi connectivity index (χ4v) is 2.19. The number of benzene rings is 2. The molecule has 1 heterocycles. The number of rotatable bonds is 2. The standard InChI is InChI=1S/C14H11N3/c15-6-13(16)11-4-9-2-1-3-10-7-17-8-12(5-11)14(9)10/h1-8,15-17H. The van der Waals surface area contributed by atoms with Gasteiger partial charge in [0, 0.05) is 6.21 Å². The molecule has 1 aliphatic heterocycles. The second kappa shape index (κ2) is 3.56. The quantitative estimate of drug-likeness (QED) is 0.498. The minimum absolute atomic E-state index is 0.233. The molecule has 0 saturated heterocycles. The molecule has 0 amide bonds. The number of nitrogens with one attached hydrogen (secondary N) is 3. The van der Waals surface area contributed by atoms with Crippen molar-refractivity contribution in [2.75, 3.05) is 0 Å². The van der Waals surface area contributed by atoms with Crippen molar-refractivity contribution >= 4 is 28.9 Å². The summed E-state index contributed by atoms with van der Waals surface area (Å²) in [6.45, 7) is 1.97. The third kappa shape index (κ3) is 1.44. The van der Waals surface area contributed by atoms with Gasteiger partial charge in [-0.2, -0.15) is 0 Å². The van der Waals surface area contributed by atoms with E-state index in [1.54, 1.807) is 0 Å². The monoisotopic (exact) mass is 221 g/mol. The maximum atomic E-state index is 7.71. The molecule has 2 aromatic rings. The molecule has 3 heteroatoms. The Morgan fingerprint density at radius 2 is 2.18 bits per heavy atom. The van der Waals surface area contributed by atoms with E-state index in [-0.39, 0.29) is 5.71 Å². The van der Waals surface area contributed by atoms with Gasteiger partial charge in [-0.25, -0.2) is 0 Å². The second-order valence-electron chi connectivity index (χ2n) is 4.02. The zero-order valence-corrected chi connectivity index (χ0v) is 9.12. The smallest absolute Gasteiger partial charge is 0.0964 e. The summed E-state index contributed by atoms with van der Waals surface area (Å²) in [6.07, 6.45) is 3.00. The van der Waals surface area contributed by atoms with Crippen LogP contribution in [0.3, 0.4) is 0 Å². The summed E-state index contributed by atoms with van der Waals surface area (Å²) in [5.74, 6) is 0. The van der Waals surface area contributed by atoms with Gasteiger partial charge >= 0.3 is 0 Å². The summed E-state index contributed by atoms with van der Waals surface area (Å²) >= 11 is 0. The molecule has 3 nitrogen and oxygen atoms in total. The van der Waals surface area contributed by atoms with E-state index in [1.807, 2.05) is 37.0 Å². The Hall–Kier alpha value is -2.42. The van der Waals surface area contributed by atoms with Crippen molar-refractivity contribution in [1.82, 2.24) is 0 Å². The van der Waals surface area contributed by atoms with Crippen LogP contribution < -0.4 is 4.99 Å². The SMILES string of the molecule is N=CC(=N)c1cc2c3c(cccc3c1)[CH-][NH+]=C2. The van der Waals surface area contributed by atoms with Gasteiger partial charge in [-0.3, -0.25) is 10.4 Å².